The van der Waals surface area contributed by atoms with E-state index in [1.54, 1.807) is 42.2 Å². The van der Waals surface area contributed by atoms with Gasteiger partial charge in [-0.1, -0.05) is 60.7 Å². The van der Waals surface area contributed by atoms with Crippen LogP contribution in [0, 0.1) is 11.8 Å². The molecule has 1 aliphatic carbocycles. The van der Waals surface area contributed by atoms with Gasteiger partial charge in [-0.25, -0.2) is 13.2 Å². The Balaban J connectivity index is 1.49. The quantitative estimate of drug-likeness (QED) is 0.340. The number of piperazine rings is 1. The van der Waals surface area contributed by atoms with E-state index in [1.165, 1.54) is 4.31 Å². The van der Waals surface area contributed by atoms with E-state index in [4.69, 9.17) is 9.47 Å². The molecule has 3 atom stereocenters. The zero-order valence-electron chi connectivity index (χ0n) is 21.8. The van der Waals surface area contributed by atoms with Gasteiger partial charge in [0.1, 0.15) is 6.61 Å². The van der Waals surface area contributed by atoms with E-state index in [9.17, 15) is 18.0 Å². The van der Waals surface area contributed by atoms with Crippen molar-refractivity contribution in [3.8, 4) is 0 Å². The molecule has 1 aliphatic heterocycles. The topological polar surface area (TPSA) is 93.2 Å². The predicted octanol–water partition coefficient (Wildman–Crippen LogP) is 4.62. The Morgan fingerprint density at radius 1 is 0.947 bits per heavy atom. The van der Waals surface area contributed by atoms with Crippen molar-refractivity contribution in [3.05, 3.63) is 78.4 Å². The molecule has 0 radical (unpaired) electrons. The van der Waals surface area contributed by atoms with Gasteiger partial charge in [-0.15, -0.1) is 0 Å². The van der Waals surface area contributed by atoms with Crippen LogP contribution in [0.1, 0.15) is 38.2 Å². The Kier molecular flexibility index (Phi) is 9.22. The van der Waals surface area contributed by atoms with Crippen LogP contribution < -0.4 is 0 Å². The number of hydrogen-bond donors (Lipinski definition) is 0. The zero-order chi connectivity index (χ0) is 27.1. The van der Waals surface area contributed by atoms with Gasteiger partial charge in [0.25, 0.3) is 0 Å². The number of hydrogen-bond acceptors (Lipinski definition) is 6. The molecule has 3 unspecified atom stereocenters. The van der Waals surface area contributed by atoms with Crippen LogP contribution >= 0.6 is 0 Å². The third-order valence-corrected chi connectivity index (χ3v) is 9.30. The third-order valence-electron chi connectivity index (χ3n) is 7.33. The predicted molar refractivity (Wildman–Crippen MR) is 144 cm³/mol. The van der Waals surface area contributed by atoms with Crippen LogP contribution in [0.5, 0.6) is 0 Å². The van der Waals surface area contributed by atoms with Crippen LogP contribution in [-0.2, 0) is 30.9 Å². The minimum Gasteiger partial charge on any atom is -0.466 e. The zero-order valence-corrected chi connectivity index (χ0v) is 22.6. The van der Waals surface area contributed by atoms with Crippen molar-refractivity contribution in [3.63, 3.8) is 0 Å². The molecule has 0 N–H and O–H groups in total. The van der Waals surface area contributed by atoms with Gasteiger partial charge in [0.2, 0.25) is 10.0 Å². The molecule has 2 fully saturated rings. The summed E-state index contributed by atoms with van der Waals surface area (Å²) >= 11 is 0. The van der Waals surface area contributed by atoms with Gasteiger partial charge < -0.3 is 14.4 Å². The largest absolute Gasteiger partial charge is 0.466 e. The smallest absolute Gasteiger partial charge is 0.410 e. The van der Waals surface area contributed by atoms with E-state index in [-0.39, 0.29) is 48.9 Å². The minimum atomic E-state index is -3.77. The Morgan fingerprint density at radius 2 is 1.63 bits per heavy atom. The average molecular weight is 541 g/mol. The van der Waals surface area contributed by atoms with E-state index < -0.39 is 22.2 Å². The summed E-state index contributed by atoms with van der Waals surface area (Å²) in [6, 6.07) is 17.3. The van der Waals surface area contributed by atoms with Crippen LogP contribution in [0.4, 0.5) is 4.79 Å². The van der Waals surface area contributed by atoms with E-state index in [1.807, 2.05) is 30.3 Å². The molecule has 0 bridgehead atoms. The van der Waals surface area contributed by atoms with Crippen molar-refractivity contribution in [2.24, 2.45) is 11.8 Å². The first-order valence-electron chi connectivity index (χ1n) is 13.2. The average Bonchev–Trinajstić information content (AvgIpc) is 3.32. The van der Waals surface area contributed by atoms with E-state index in [0.29, 0.717) is 32.3 Å². The number of carbonyl (C=O) groups is 2. The number of ether oxygens (including phenoxy) is 2. The molecule has 204 valence electrons. The van der Waals surface area contributed by atoms with Crippen LogP contribution in [0.15, 0.2) is 77.7 Å². The third kappa shape index (κ3) is 6.63. The second-order valence-electron chi connectivity index (χ2n) is 9.92. The van der Waals surface area contributed by atoms with E-state index in [0.717, 1.165) is 11.1 Å². The number of carbonyl (C=O) groups excluding carboxylic acids is 2. The monoisotopic (exact) mass is 540 g/mol. The van der Waals surface area contributed by atoms with Crippen molar-refractivity contribution < 1.29 is 27.5 Å². The highest BCUT2D eigenvalue weighted by atomic mass is 32.2. The highest BCUT2D eigenvalue weighted by Crippen LogP contribution is 2.39. The lowest BCUT2D eigenvalue weighted by molar-refractivity contribution is -0.149. The van der Waals surface area contributed by atoms with Gasteiger partial charge in [-0.05, 0) is 56.2 Å². The number of sulfonamides is 1. The molecular formula is C29H36N2O6S. The van der Waals surface area contributed by atoms with Crippen molar-refractivity contribution in [2.75, 3.05) is 26.2 Å². The lowest BCUT2D eigenvalue weighted by atomic mass is 9.89. The Labute approximate surface area is 225 Å². The van der Waals surface area contributed by atoms with Gasteiger partial charge in [0.05, 0.1) is 17.4 Å². The molecule has 38 heavy (non-hydrogen) atoms. The summed E-state index contributed by atoms with van der Waals surface area (Å²) in [5, 5.41) is 0. The van der Waals surface area contributed by atoms with Crippen LogP contribution in [0.2, 0.25) is 0 Å². The normalized spacial score (nSPS) is 22.3. The Bertz CT molecular complexity index is 1220. The summed E-state index contributed by atoms with van der Waals surface area (Å²) in [4.78, 5) is 27.3. The second kappa shape index (κ2) is 12.6. The molecule has 1 amide bonds. The minimum absolute atomic E-state index is 0.0308. The van der Waals surface area contributed by atoms with Gasteiger partial charge in [0.15, 0.2) is 0 Å². The molecule has 2 aromatic rings. The summed E-state index contributed by atoms with van der Waals surface area (Å²) in [6.07, 6.45) is 1.97. The van der Waals surface area contributed by atoms with Crippen molar-refractivity contribution in [2.45, 2.75) is 50.2 Å². The lowest BCUT2D eigenvalue weighted by Crippen LogP contribution is -2.56. The maximum absolute atomic E-state index is 13.6. The number of esters is 1. The fraction of sp³-hybridized carbons (Fsp3) is 0.448. The van der Waals surface area contributed by atoms with Crippen molar-refractivity contribution >= 4 is 22.1 Å². The number of allylic oxidation sites excluding steroid dienone is 1. The summed E-state index contributed by atoms with van der Waals surface area (Å²) in [5.41, 5.74) is 1.89. The standard InChI is InChI=1S/C29H36N2O6S/c1-3-36-28(32)27-19-22(2)18-24(27)14-15-25-20-30(29(33)37-21-23-10-6-4-7-11-23)16-17-31(25)38(34,35)26-12-8-5-9-13-26/h4-13,24-25,27H,2-3,14-21H2,1H3. The summed E-state index contributed by atoms with van der Waals surface area (Å²) < 4.78 is 39.5. The van der Waals surface area contributed by atoms with E-state index >= 15 is 0 Å². The van der Waals surface area contributed by atoms with Gasteiger partial charge in [-0.2, -0.15) is 4.31 Å². The highest BCUT2D eigenvalue weighted by molar-refractivity contribution is 7.89. The fourth-order valence-corrected chi connectivity index (χ4v) is 7.06. The van der Waals surface area contributed by atoms with E-state index in [2.05, 4.69) is 6.58 Å². The molecule has 2 aromatic carbocycles. The highest BCUT2D eigenvalue weighted by Gasteiger charge is 2.40. The molecular weight excluding hydrogens is 504 g/mol. The molecule has 1 saturated heterocycles. The Morgan fingerprint density at radius 3 is 2.32 bits per heavy atom. The summed E-state index contributed by atoms with van der Waals surface area (Å²) in [7, 11) is -3.77. The fourth-order valence-electron chi connectivity index (χ4n) is 5.40. The maximum Gasteiger partial charge on any atom is 0.410 e. The van der Waals surface area contributed by atoms with Crippen molar-refractivity contribution in [1.29, 1.82) is 0 Å². The second-order valence-corrected chi connectivity index (χ2v) is 11.8. The molecule has 0 aromatic heterocycles. The molecule has 0 spiro atoms. The molecule has 4 rings (SSSR count). The van der Waals surface area contributed by atoms with Gasteiger partial charge in [-0.3, -0.25) is 4.79 Å². The first kappa shape index (κ1) is 27.9. The number of nitrogens with zero attached hydrogens (tertiary/aromatic N) is 2. The molecule has 9 heteroatoms. The van der Waals surface area contributed by atoms with Crippen molar-refractivity contribution in [1.82, 2.24) is 9.21 Å². The number of amides is 1. The van der Waals surface area contributed by atoms with Gasteiger partial charge in [0, 0.05) is 25.7 Å². The Hall–Kier alpha value is -3.17. The molecule has 8 nitrogen and oxygen atoms in total. The maximum atomic E-state index is 13.6. The number of benzene rings is 2. The summed E-state index contributed by atoms with van der Waals surface area (Å²) in [6.45, 7) is 6.97. The molecule has 1 saturated carbocycles. The first-order valence-corrected chi connectivity index (χ1v) is 14.6. The number of rotatable bonds is 9. The van der Waals surface area contributed by atoms with Crippen LogP contribution in [0.3, 0.4) is 0 Å². The van der Waals surface area contributed by atoms with Crippen LogP contribution in [-0.4, -0.2) is 62.0 Å². The van der Waals surface area contributed by atoms with Crippen LogP contribution in [0.25, 0.3) is 0 Å². The SMILES string of the molecule is C=C1CC(CCC2CN(C(=O)OCc3ccccc3)CCN2S(=O)(=O)c2ccccc2)C(C(=O)OCC)C1. The first-order chi connectivity index (χ1) is 18.3. The lowest BCUT2D eigenvalue weighted by Gasteiger charge is -2.40. The van der Waals surface area contributed by atoms with Gasteiger partial charge >= 0.3 is 12.1 Å². The molecule has 1 heterocycles. The summed E-state index contributed by atoms with van der Waals surface area (Å²) in [5.74, 6) is -0.458. The molecule has 2 aliphatic rings.